The van der Waals surface area contributed by atoms with Gasteiger partial charge in [-0.3, -0.25) is 0 Å². The van der Waals surface area contributed by atoms with E-state index in [0.29, 0.717) is 5.56 Å². The number of carboxylic acid groups (broad SMARTS) is 1. The number of rotatable bonds is 3. The van der Waals surface area contributed by atoms with E-state index in [1.165, 1.54) is 6.07 Å². The lowest BCUT2D eigenvalue weighted by atomic mass is 9.78. The van der Waals surface area contributed by atoms with Crippen molar-refractivity contribution < 1.29 is 23.6 Å². The van der Waals surface area contributed by atoms with Gasteiger partial charge in [-0.15, -0.1) is 0 Å². The van der Waals surface area contributed by atoms with Gasteiger partial charge in [0.05, 0.1) is 22.3 Å². The van der Waals surface area contributed by atoms with Crippen LogP contribution in [0.2, 0.25) is 5.02 Å². The van der Waals surface area contributed by atoms with Crippen LogP contribution < -0.4 is 10.8 Å². The maximum absolute atomic E-state index is 14.6. The molecular weight excluding hydrogens is 323 g/mol. The van der Waals surface area contributed by atoms with Crippen LogP contribution in [0.15, 0.2) is 12.1 Å². The first-order chi connectivity index (χ1) is 10.5. The van der Waals surface area contributed by atoms with Crippen LogP contribution >= 0.6 is 11.6 Å². The van der Waals surface area contributed by atoms with E-state index in [0.717, 1.165) is 0 Å². The van der Waals surface area contributed by atoms with Gasteiger partial charge in [0.25, 0.3) is 0 Å². The lowest BCUT2D eigenvalue weighted by molar-refractivity contribution is 0.00578. The molecule has 2 N–H and O–H groups in total. The molecule has 8 heteroatoms. The molecule has 0 radical (unpaired) electrons. The molecule has 5 nitrogen and oxygen atoms in total. The molecule has 0 aromatic heterocycles. The lowest BCUT2D eigenvalue weighted by Gasteiger charge is -2.32. The molecule has 1 fully saturated rings. The van der Waals surface area contributed by atoms with Gasteiger partial charge in [-0.1, -0.05) is 23.7 Å². The van der Waals surface area contributed by atoms with Gasteiger partial charge in [0.15, 0.2) is 0 Å². The van der Waals surface area contributed by atoms with Crippen LogP contribution in [0, 0.1) is 5.82 Å². The Hall–Kier alpha value is -1.31. The van der Waals surface area contributed by atoms with Gasteiger partial charge in [0.1, 0.15) is 5.82 Å². The van der Waals surface area contributed by atoms with Crippen LogP contribution in [0.3, 0.4) is 0 Å². The SMILES string of the molecule is C[C@@H](NC(=O)O)c1ccc(B2OC(C)(C)C(C)(C)O2)c(F)c1Cl. The quantitative estimate of drug-likeness (QED) is 0.828. The Kier molecular flexibility index (Phi) is 4.68. The molecule has 0 bridgehead atoms. The molecule has 1 saturated heterocycles. The molecule has 1 aromatic carbocycles. The van der Waals surface area contributed by atoms with E-state index in [1.807, 2.05) is 27.7 Å². The summed E-state index contributed by atoms with van der Waals surface area (Å²) in [5, 5.41) is 10.9. The fraction of sp³-hybridized carbons (Fsp3) is 0.533. The van der Waals surface area contributed by atoms with E-state index in [2.05, 4.69) is 5.32 Å². The highest BCUT2D eigenvalue weighted by Crippen LogP contribution is 2.37. The van der Waals surface area contributed by atoms with Gasteiger partial charge in [-0.2, -0.15) is 0 Å². The fourth-order valence-corrected chi connectivity index (χ4v) is 2.66. The first-order valence-electron chi connectivity index (χ1n) is 7.29. The Bertz CT molecular complexity index is 622. The van der Waals surface area contributed by atoms with Crippen LogP contribution in [-0.4, -0.2) is 29.5 Å². The van der Waals surface area contributed by atoms with Crippen LogP contribution in [0.1, 0.15) is 46.2 Å². The highest BCUT2D eigenvalue weighted by molar-refractivity contribution is 6.62. The smallest absolute Gasteiger partial charge is 0.465 e. The summed E-state index contributed by atoms with van der Waals surface area (Å²) in [7, 11) is -0.866. The number of halogens is 2. The Labute approximate surface area is 140 Å². The van der Waals surface area contributed by atoms with Crippen LogP contribution in [0.25, 0.3) is 0 Å². The number of hydrogen-bond donors (Lipinski definition) is 2. The summed E-state index contributed by atoms with van der Waals surface area (Å²) < 4.78 is 26.3. The molecular formula is C15H20BClFNO4. The molecule has 0 spiro atoms. The monoisotopic (exact) mass is 343 g/mol. The van der Waals surface area contributed by atoms with Gasteiger partial charge >= 0.3 is 13.2 Å². The van der Waals surface area contributed by atoms with E-state index >= 15 is 0 Å². The molecule has 1 amide bonds. The number of nitrogens with one attached hydrogen (secondary N) is 1. The van der Waals surface area contributed by atoms with Crippen molar-refractivity contribution in [3.63, 3.8) is 0 Å². The standard InChI is InChI=1S/C15H20BClFNO4/c1-8(19-13(20)21)9-6-7-10(12(18)11(9)17)16-22-14(2,3)15(4,5)23-16/h6-8,19H,1-5H3,(H,20,21)/t8-/m1/s1. The first kappa shape index (κ1) is 18.0. The Morgan fingerprint density at radius 3 is 2.30 bits per heavy atom. The van der Waals surface area contributed by atoms with E-state index in [1.54, 1.807) is 13.0 Å². The van der Waals surface area contributed by atoms with Crippen LogP contribution in [0.5, 0.6) is 0 Å². The van der Waals surface area contributed by atoms with E-state index < -0.39 is 36.3 Å². The lowest BCUT2D eigenvalue weighted by Crippen LogP contribution is -2.41. The second kappa shape index (κ2) is 5.96. The molecule has 1 heterocycles. The van der Waals surface area contributed by atoms with Crippen molar-refractivity contribution in [2.45, 2.75) is 51.9 Å². The summed E-state index contributed by atoms with van der Waals surface area (Å²) in [4.78, 5) is 10.7. The van der Waals surface area contributed by atoms with E-state index in [4.69, 9.17) is 26.0 Å². The maximum Gasteiger partial charge on any atom is 0.497 e. The van der Waals surface area contributed by atoms with Crippen LogP contribution in [-0.2, 0) is 9.31 Å². The molecule has 0 saturated carbocycles. The summed E-state index contributed by atoms with van der Waals surface area (Å²) in [5.74, 6) is -0.665. The van der Waals surface area contributed by atoms with E-state index in [-0.39, 0.29) is 10.5 Å². The predicted octanol–water partition coefficient (Wildman–Crippen LogP) is 3.11. The zero-order valence-corrected chi connectivity index (χ0v) is 14.5. The highest BCUT2D eigenvalue weighted by Gasteiger charge is 2.52. The summed E-state index contributed by atoms with van der Waals surface area (Å²) in [6, 6.07) is 2.45. The zero-order chi connectivity index (χ0) is 17.6. The van der Waals surface area contributed by atoms with Crippen LogP contribution in [0.4, 0.5) is 9.18 Å². The predicted molar refractivity (Wildman–Crippen MR) is 86.7 cm³/mol. The minimum absolute atomic E-state index is 0.140. The first-order valence-corrected chi connectivity index (χ1v) is 7.67. The molecule has 126 valence electrons. The third-order valence-electron chi connectivity index (χ3n) is 4.46. The minimum Gasteiger partial charge on any atom is -0.465 e. The third kappa shape index (κ3) is 3.32. The van der Waals surface area contributed by atoms with Crippen molar-refractivity contribution in [1.82, 2.24) is 5.32 Å². The molecule has 2 rings (SSSR count). The molecule has 1 atom stereocenters. The largest absolute Gasteiger partial charge is 0.497 e. The highest BCUT2D eigenvalue weighted by atomic mass is 35.5. The molecule has 23 heavy (non-hydrogen) atoms. The minimum atomic E-state index is -1.20. The Balaban J connectivity index is 2.33. The molecule has 1 aliphatic heterocycles. The maximum atomic E-state index is 14.6. The van der Waals surface area contributed by atoms with Gasteiger partial charge in [0, 0.05) is 5.46 Å². The molecule has 1 aromatic rings. The molecule has 1 aliphatic rings. The van der Waals surface area contributed by atoms with Crippen molar-refractivity contribution in [3.05, 3.63) is 28.5 Å². The number of hydrogen-bond acceptors (Lipinski definition) is 3. The zero-order valence-electron chi connectivity index (χ0n) is 13.7. The second-order valence-electron chi connectivity index (χ2n) is 6.63. The Morgan fingerprint density at radius 2 is 1.83 bits per heavy atom. The van der Waals surface area contributed by atoms with E-state index in [9.17, 15) is 9.18 Å². The second-order valence-corrected chi connectivity index (χ2v) is 7.01. The summed E-state index contributed by atoms with van der Waals surface area (Å²) in [5.41, 5.74) is -0.632. The number of amides is 1. The van der Waals surface area contributed by atoms with Gasteiger partial charge < -0.3 is 19.7 Å². The van der Waals surface area contributed by atoms with Crippen molar-refractivity contribution in [3.8, 4) is 0 Å². The summed E-state index contributed by atoms with van der Waals surface area (Å²) >= 11 is 6.08. The van der Waals surface area contributed by atoms with Gasteiger partial charge in [-0.25, -0.2) is 9.18 Å². The Morgan fingerprint density at radius 1 is 1.30 bits per heavy atom. The summed E-state index contributed by atoms with van der Waals surface area (Å²) in [6.45, 7) is 9.09. The summed E-state index contributed by atoms with van der Waals surface area (Å²) in [6.07, 6.45) is -1.20. The normalized spacial score (nSPS) is 20.4. The van der Waals surface area contributed by atoms with Gasteiger partial charge in [0.2, 0.25) is 0 Å². The molecule has 0 unspecified atom stereocenters. The average molecular weight is 344 g/mol. The average Bonchev–Trinajstić information content (AvgIpc) is 2.60. The van der Waals surface area contributed by atoms with Gasteiger partial charge in [-0.05, 0) is 40.2 Å². The van der Waals surface area contributed by atoms with Crippen molar-refractivity contribution in [2.24, 2.45) is 0 Å². The topological polar surface area (TPSA) is 67.8 Å². The third-order valence-corrected chi connectivity index (χ3v) is 4.84. The van der Waals surface area contributed by atoms with Crippen molar-refractivity contribution in [1.29, 1.82) is 0 Å². The fourth-order valence-electron chi connectivity index (χ4n) is 2.33. The van der Waals surface area contributed by atoms with Crippen molar-refractivity contribution in [2.75, 3.05) is 0 Å². The van der Waals surface area contributed by atoms with Crippen molar-refractivity contribution >= 4 is 30.3 Å². The molecule has 0 aliphatic carbocycles. The number of benzene rings is 1. The number of carbonyl (C=O) groups is 1.